The van der Waals surface area contributed by atoms with Crippen LogP contribution in [0.2, 0.25) is 5.02 Å². The third kappa shape index (κ3) is 1.27. The Balaban J connectivity index is 2.46. The van der Waals surface area contributed by atoms with Crippen LogP contribution in [-0.4, -0.2) is 4.98 Å². The Morgan fingerprint density at radius 3 is 2.71 bits per heavy atom. The molecule has 0 bridgehead atoms. The number of hydrogen-bond donors (Lipinski definition) is 0. The highest BCUT2D eigenvalue weighted by molar-refractivity contribution is 6.30. The second kappa shape index (κ2) is 3.21. The maximum Gasteiger partial charge on any atom is 0.147 e. The summed E-state index contributed by atoms with van der Waals surface area (Å²) in [7, 11) is 0. The van der Waals surface area contributed by atoms with Crippen LogP contribution in [0.4, 0.5) is 4.39 Å². The van der Waals surface area contributed by atoms with Crippen LogP contribution in [0, 0.1) is 17.1 Å². The molecule has 2 rings (SSSR count). The minimum absolute atomic E-state index is 0.246. The molecule has 72 valence electrons. The highest BCUT2D eigenvalue weighted by atomic mass is 35.5. The van der Waals surface area contributed by atoms with Gasteiger partial charge in [-0.15, -0.1) is 0 Å². The van der Waals surface area contributed by atoms with E-state index in [0.29, 0.717) is 12.8 Å². The maximum absolute atomic E-state index is 13.5. The van der Waals surface area contributed by atoms with Gasteiger partial charge in [0, 0.05) is 6.20 Å². The van der Waals surface area contributed by atoms with Crippen LogP contribution in [0.5, 0.6) is 0 Å². The number of nitrogens with zero attached hydrogens (tertiary/aromatic N) is 2. The summed E-state index contributed by atoms with van der Waals surface area (Å²) >= 11 is 5.59. The molecule has 0 radical (unpaired) electrons. The van der Waals surface area contributed by atoms with E-state index in [1.165, 1.54) is 12.3 Å². The third-order valence-corrected chi connectivity index (χ3v) is 2.89. The Bertz CT molecular complexity index is 407. The minimum atomic E-state index is -0.700. The van der Waals surface area contributed by atoms with Gasteiger partial charge in [-0.1, -0.05) is 11.6 Å². The first-order valence-corrected chi connectivity index (χ1v) is 4.78. The molecule has 0 unspecified atom stereocenters. The van der Waals surface area contributed by atoms with Gasteiger partial charge < -0.3 is 0 Å². The van der Waals surface area contributed by atoms with E-state index in [1.807, 2.05) is 0 Å². The molecule has 0 aliphatic heterocycles. The van der Waals surface area contributed by atoms with Crippen molar-refractivity contribution in [1.29, 1.82) is 5.26 Å². The third-order valence-electron chi connectivity index (χ3n) is 2.68. The number of pyridine rings is 1. The lowest BCUT2D eigenvalue weighted by atomic mass is 9.67. The van der Waals surface area contributed by atoms with Crippen LogP contribution in [0.25, 0.3) is 0 Å². The van der Waals surface area contributed by atoms with Gasteiger partial charge in [0.05, 0.1) is 16.8 Å². The van der Waals surface area contributed by atoms with Crippen molar-refractivity contribution in [3.05, 3.63) is 28.8 Å². The molecular weight excluding hydrogens is 203 g/mol. The molecule has 4 heteroatoms. The first kappa shape index (κ1) is 9.42. The number of rotatable bonds is 1. The molecular formula is C10H8ClFN2. The van der Waals surface area contributed by atoms with Crippen LogP contribution in [-0.2, 0) is 5.41 Å². The predicted molar refractivity (Wildman–Crippen MR) is 50.3 cm³/mol. The summed E-state index contributed by atoms with van der Waals surface area (Å²) in [6.45, 7) is 0. The second-order valence-electron chi connectivity index (χ2n) is 3.53. The molecule has 1 aromatic heterocycles. The molecule has 1 aliphatic rings. The summed E-state index contributed by atoms with van der Waals surface area (Å²) in [6.07, 6.45) is 3.72. The van der Waals surface area contributed by atoms with Gasteiger partial charge in [-0.25, -0.2) is 4.39 Å². The zero-order chi connectivity index (χ0) is 10.2. The van der Waals surface area contributed by atoms with Crippen molar-refractivity contribution in [2.45, 2.75) is 24.7 Å². The normalized spacial score (nSPS) is 18.4. The Kier molecular flexibility index (Phi) is 2.16. The second-order valence-corrected chi connectivity index (χ2v) is 3.97. The van der Waals surface area contributed by atoms with Gasteiger partial charge in [0.15, 0.2) is 0 Å². The van der Waals surface area contributed by atoms with Crippen LogP contribution in [0.15, 0.2) is 12.3 Å². The highest BCUT2D eigenvalue weighted by Gasteiger charge is 2.42. The molecule has 1 heterocycles. The lowest BCUT2D eigenvalue weighted by Gasteiger charge is -2.34. The molecule has 0 N–H and O–H groups in total. The summed E-state index contributed by atoms with van der Waals surface area (Å²) in [6, 6.07) is 3.36. The fraction of sp³-hybridized carbons (Fsp3) is 0.400. The highest BCUT2D eigenvalue weighted by Crippen LogP contribution is 2.43. The molecule has 0 aromatic carbocycles. The lowest BCUT2D eigenvalue weighted by molar-refractivity contribution is 0.304. The molecule has 0 spiro atoms. The summed E-state index contributed by atoms with van der Waals surface area (Å²) in [4.78, 5) is 3.91. The van der Waals surface area contributed by atoms with Gasteiger partial charge in [-0.3, -0.25) is 4.98 Å². The van der Waals surface area contributed by atoms with E-state index < -0.39 is 11.2 Å². The molecule has 14 heavy (non-hydrogen) atoms. The van der Waals surface area contributed by atoms with Crippen LogP contribution in [0.1, 0.15) is 25.0 Å². The quantitative estimate of drug-likeness (QED) is 0.715. The first-order chi connectivity index (χ1) is 6.68. The smallest absolute Gasteiger partial charge is 0.147 e. The average molecular weight is 211 g/mol. The molecule has 2 nitrogen and oxygen atoms in total. The van der Waals surface area contributed by atoms with Crippen molar-refractivity contribution < 1.29 is 4.39 Å². The van der Waals surface area contributed by atoms with E-state index in [2.05, 4.69) is 11.1 Å². The van der Waals surface area contributed by atoms with Crippen molar-refractivity contribution in [3.63, 3.8) is 0 Å². The van der Waals surface area contributed by atoms with Gasteiger partial charge in [0.25, 0.3) is 0 Å². The summed E-state index contributed by atoms with van der Waals surface area (Å²) < 4.78 is 13.5. The molecule has 1 saturated carbocycles. The lowest BCUT2D eigenvalue weighted by Crippen LogP contribution is -2.34. The van der Waals surface area contributed by atoms with Crippen LogP contribution >= 0.6 is 11.6 Å². The number of halogens is 2. The van der Waals surface area contributed by atoms with Crippen molar-refractivity contribution in [2.24, 2.45) is 0 Å². The summed E-state index contributed by atoms with van der Waals surface area (Å²) in [5, 5.41) is 9.26. The molecule has 0 amide bonds. The van der Waals surface area contributed by atoms with Crippen molar-refractivity contribution in [3.8, 4) is 6.07 Å². The van der Waals surface area contributed by atoms with Crippen molar-refractivity contribution >= 4 is 11.6 Å². The van der Waals surface area contributed by atoms with Gasteiger partial charge in [-0.05, 0) is 25.3 Å². The van der Waals surface area contributed by atoms with Gasteiger partial charge in [-0.2, -0.15) is 5.26 Å². The van der Waals surface area contributed by atoms with Crippen molar-refractivity contribution in [2.75, 3.05) is 0 Å². The molecule has 1 aliphatic carbocycles. The Hall–Kier alpha value is -1.14. The van der Waals surface area contributed by atoms with Gasteiger partial charge in [0.2, 0.25) is 0 Å². The summed E-state index contributed by atoms with van der Waals surface area (Å²) in [5.74, 6) is -0.473. The zero-order valence-corrected chi connectivity index (χ0v) is 8.18. The SMILES string of the molecule is N#CC1(c2ncc(Cl)cc2F)CCC1. The maximum atomic E-state index is 13.5. The standard InChI is InChI=1S/C10H8ClFN2/c11-7-4-8(12)9(14-5-7)10(6-13)2-1-3-10/h4-5H,1-3H2. The Morgan fingerprint density at radius 2 is 2.29 bits per heavy atom. The van der Waals surface area contributed by atoms with Crippen molar-refractivity contribution in [1.82, 2.24) is 4.98 Å². The fourth-order valence-electron chi connectivity index (χ4n) is 1.70. The van der Waals surface area contributed by atoms with Gasteiger partial charge >= 0.3 is 0 Å². The van der Waals surface area contributed by atoms with E-state index in [1.54, 1.807) is 0 Å². The van der Waals surface area contributed by atoms with Gasteiger partial charge in [0.1, 0.15) is 11.2 Å². The zero-order valence-electron chi connectivity index (χ0n) is 7.43. The number of aromatic nitrogens is 1. The monoisotopic (exact) mass is 210 g/mol. The number of nitriles is 1. The molecule has 1 fully saturated rings. The molecule has 0 saturated heterocycles. The van der Waals surface area contributed by atoms with E-state index in [0.717, 1.165) is 6.42 Å². The van der Waals surface area contributed by atoms with Crippen LogP contribution in [0.3, 0.4) is 0 Å². The summed E-state index contributed by atoms with van der Waals surface area (Å²) in [5.41, 5.74) is -0.454. The topological polar surface area (TPSA) is 36.7 Å². The molecule has 0 atom stereocenters. The Morgan fingerprint density at radius 1 is 1.57 bits per heavy atom. The predicted octanol–water partition coefficient (Wildman–Crippen LogP) is 2.82. The average Bonchev–Trinajstić information content (AvgIpc) is 2.07. The van der Waals surface area contributed by atoms with Crippen LogP contribution < -0.4 is 0 Å². The first-order valence-electron chi connectivity index (χ1n) is 4.41. The number of hydrogen-bond acceptors (Lipinski definition) is 2. The fourth-order valence-corrected chi connectivity index (χ4v) is 1.84. The molecule has 1 aromatic rings. The Labute approximate surface area is 86.3 Å². The van der Waals surface area contributed by atoms with E-state index in [4.69, 9.17) is 16.9 Å². The van der Waals surface area contributed by atoms with E-state index in [-0.39, 0.29) is 10.7 Å². The minimum Gasteiger partial charge on any atom is -0.255 e. The van der Waals surface area contributed by atoms with E-state index >= 15 is 0 Å². The van der Waals surface area contributed by atoms with E-state index in [9.17, 15) is 4.39 Å². The largest absolute Gasteiger partial charge is 0.255 e.